The average molecular weight is 356 g/mol. The molecule has 1 aromatic heterocycles. The number of hydrogen-bond donors (Lipinski definition) is 2. The van der Waals surface area contributed by atoms with Gasteiger partial charge in [-0.2, -0.15) is 0 Å². The lowest BCUT2D eigenvalue weighted by Gasteiger charge is -2.17. The van der Waals surface area contributed by atoms with E-state index in [0.717, 1.165) is 27.4 Å². The lowest BCUT2D eigenvalue weighted by atomic mass is 10.0. The van der Waals surface area contributed by atoms with Gasteiger partial charge in [-0.05, 0) is 40.0 Å². The Morgan fingerprint density at radius 2 is 1.90 bits per heavy atom. The maximum absolute atomic E-state index is 5.96. The SMILES string of the molecule is CNc1ncnc(Nc2ccc(Cl)cc2Br)c1C(C)C. The van der Waals surface area contributed by atoms with Crippen LogP contribution in [0.1, 0.15) is 25.3 Å². The molecule has 0 unspecified atom stereocenters. The second-order valence-electron chi connectivity index (χ2n) is 4.64. The van der Waals surface area contributed by atoms with Crippen LogP contribution in [-0.4, -0.2) is 17.0 Å². The summed E-state index contributed by atoms with van der Waals surface area (Å²) in [5.74, 6) is 1.93. The van der Waals surface area contributed by atoms with Gasteiger partial charge < -0.3 is 10.6 Å². The highest BCUT2D eigenvalue weighted by Gasteiger charge is 2.15. The molecule has 106 valence electrons. The van der Waals surface area contributed by atoms with E-state index >= 15 is 0 Å². The number of hydrogen-bond acceptors (Lipinski definition) is 4. The van der Waals surface area contributed by atoms with Gasteiger partial charge in [0.15, 0.2) is 0 Å². The monoisotopic (exact) mass is 354 g/mol. The third-order valence-corrected chi connectivity index (χ3v) is 3.77. The first-order valence-electron chi connectivity index (χ1n) is 6.27. The van der Waals surface area contributed by atoms with Crippen LogP contribution in [0.4, 0.5) is 17.3 Å². The third kappa shape index (κ3) is 3.22. The van der Waals surface area contributed by atoms with Crippen LogP contribution in [0.5, 0.6) is 0 Å². The van der Waals surface area contributed by atoms with Crippen molar-refractivity contribution >= 4 is 44.9 Å². The Hall–Kier alpha value is -1.33. The van der Waals surface area contributed by atoms with E-state index in [1.54, 1.807) is 6.33 Å². The fraction of sp³-hybridized carbons (Fsp3) is 0.286. The molecule has 0 aliphatic carbocycles. The fourth-order valence-corrected chi connectivity index (χ4v) is 2.74. The number of halogens is 2. The van der Waals surface area contributed by atoms with E-state index in [4.69, 9.17) is 11.6 Å². The molecule has 6 heteroatoms. The molecular weight excluding hydrogens is 340 g/mol. The second kappa shape index (κ2) is 6.41. The Bertz CT molecular complexity index is 616. The van der Waals surface area contributed by atoms with Crippen LogP contribution >= 0.6 is 27.5 Å². The summed E-state index contributed by atoms with van der Waals surface area (Å²) < 4.78 is 0.893. The largest absolute Gasteiger partial charge is 0.373 e. The standard InChI is InChI=1S/C14H16BrClN4/c1-8(2)12-13(17-3)18-7-19-14(12)20-11-5-4-9(16)6-10(11)15/h4-8H,1-3H3,(H2,17,18,19,20). The van der Waals surface area contributed by atoms with Crippen molar-refractivity contribution in [3.63, 3.8) is 0 Å². The van der Waals surface area contributed by atoms with Gasteiger partial charge in [-0.25, -0.2) is 9.97 Å². The number of nitrogens with one attached hydrogen (secondary N) is 2. The highest BCUT2D eigenvalue weighted by molar-refractivity contribution is 9.10. The van der Waals surface area contributed by atoms with Crippen molar-refractivity contribution in [3.8, 4) is 0 Å². The lowest BCUT2D eigenvalue weighted by molar-refractivity contribution is 0.852. The van der Waals surface area contributed by atoms with E-state index < -0.39 is 0 Å². The number of anilines is 3. The van der Waals surface area contributed by atoms with Crippen LogP contribution in [0.3, 0.4) is 0 Å². The molecule has 0 aliphatic heterocycles. The average Bonchev–Trinajstić information content (AvgIpc) is 2.41. The van der Waals surface area contributed by atoms with Gasteiger partial charge in [0.2, 0.25) is 0 Å². The van der Waals surface area contributed by atoms with Crippen LogP contribution in [0.25, 0.3) is 0 Å². The molecule has 0 bridgehead atoms. The molecule has 2 aromatic rings. The summed E-state index contributed by atoms with van der Waals surface area (Å²) >= 11 is 9.45. The highest BCUT2D eigenvalue weighted by Crippen LogP contribution is 2.33. The summed E-state index contributed by atoms with van der Waals surface area (Å²) in [5.41, 5.74) is 1.97. The predicted octanol–water partition coefficient (Wildman–Crippen LogP) is 4.80. The molecule has 0 spiro atoms. The third-order valence-electron chi connectivity index (χ3n) is 2.88. The van der Waals surface area contributed by atoms with Crippen LogP contribution in [-0.2, 0) is 0 Å². The summed E-state index contributed by atoms with van der Waals surface area (Å²) in [7, 11) is 1.86. The van der Waals surface area contributed by atoms with Crippen molar-refractivity contribution in [2.75, 3.05) is 17.7 Å². The van der Waals surface area contributed by atoms with Gasteiger partial charge >= 0.3 is 0 Å². The Balaban J connectivity index is 2.43. The Morgan fingerprint density at radius 3 is 2.50 bits per heavy atom. The van der Waals surface area contributed by atoms with E-state index in [1.807, 2.05) is 25.2 Å². The van der Waals surface area contributed by atoms with Gasteiger partial charge in [0, 0.05) is 22.1 Å². The maximum atomic E-state index is 5.96. The summed E-state index contributed by atoms with van der Waals surface area (Å²) in [5, 5.41) is 7.12. The van der Waals surface area contributed by atoms with Crippen LogP contribution in [0.15, 0.2) is 29.0 Å². The first kappa shape index (κ1) is 15.1. The molecule has 0 amide bonds. The van der Waals surface area contributed by atoms with E-state index in [-0.39, 0.29) is 0 Å². The minimum Gasteiger partial charge on any atom is -0.373 e. The normalized spacial score (nSPS) is 10.7. The molecule has 1 heterocycles. The zero-order chi connectivity index (χ0) is 14.7. The topological polar surface area (TPSA) is 49.8 Å². The molecule has 0 atom stereocenters. The van der Waals surface area contributed by atoms with E-state index in [0.29, 0.717) is 10.9 Å². The molecule has 2 N–H and O–H groups in total. The first-order valence-corrected chi connectivity index (χ1v) is 7.44. The van der Waals surface area contributed by atoms with Crippen molar-refractivity contribution in [1.29, 1.82) is 0 Å². The second-order valence-corrected chi connectivity index (χ2v) is 5.93. The van der Waals surface area contributed by atoms with Gasteiger partial charge in [0.1, 0.15) is 18.0 Å². The van der Waals surface area contributed by atoms with Crippen molar-refractivity contribution < 1.29 is 0 Å². The number of rotatable bonds is 4. The van der Waals surface area contributed by atoms with Crippen molar-refractivity contribution in [1.82, 2.24) is 9.97 Å². The smallest absolute Gasteiger partial charge is 0.139 e. The van der Waals surface area contributed by atoms with Crippen LogP contribution in [0.2, 0.25) is 5.02 Å². The van der Waals surface area contributed by atoms with Crippen molar-refractivity contribution in [2.24, 2.45) is 0 Å². The minimum absolute atomic E-state index is 0.298. The Kier molecular flexibility index (Phi) is 4.83. The fourth-order valence-electron chi connectivity index (χ4n) is 1.96. The van der Waals surface area contributed by atoms with Gasteiger partial charge in [-0.3, -0.25) is 0 Å². The molecule has 0 saturated heterocycles. The number of benzene rings is 1. The molecule has 0 saturated carbocycles. The zero-order valence-electron chi connectivity index (χ0n) is 11.5. The summed E-state index contributed by atoms with van der Waals surface area (Å²) in [6.07, 6.45) is 1.55. The maximum Gasteiger partial charge on any atom is 0.139 e. The first-order chi connectivity index (χ1) is 9.52. The molecule has 0 aliphatic rings. The van der Waals surface area contributed by atoms with Gasteiger partial charge in [0.05, 0.1) is 5.69 Å². The Morgan fingerprint density at radius 1 is 1.20 bits per heavy atom. The molecule has 2 rings (SSSR count). The molecule has 4 nitrogen and oxygen atoms in total. The summed E-state index contributed by atoms with van der Waals surface area (Å²) in [4.78, 5) is 8.61. The quantitative estimate of drug-likeness (QED) is 0.827. The molecule has 0 fully saturated rings. The zero-order valence-corrected chi connectivity index (χ0v) is 13.9. The summed E-state index contributed by atoms with van der Waals surface area (Å²) in [6.45, 7) is 4.23. The predicted molar refractivity (Wildman–Crippen MR) is 88.1 cm³/mol. The lowest BCUT2D eigenvalue weighted by Crippen LogP contribution is -2.07. The van der Waals surface area contributed by atoms with Gasteiger partial charge in [0.25, 0.3) is 0 Å². The van der Waals surface area contributed by atoms with Crippen molar-refractivity contribution in [2.45, 2.75) is 19.8 Å². The van der Waals surface area contributed by atoms with E-state index in [9.17, 15) is 0 Å². The number of aromatic nitrogens is 2. The van der Waals surface area contributed by atoms with E-state index in [1.165, 1.54) is 0 Å². The minimum atomic E-state index is 0.298. The number of nitrogens with zero attached hydrogens (tertiary/aromatic N) is 2. The van der Waals surface area contributed by atoms with Crippen LogP contribution < -0.4 is 10.6 Å². The molecule has 20 heavy (non-hydrogen) atoms. The van der Waals surface area contributed by atoms with Crippen LogP contribution in [0, 0.1) is 0 Å². The van der Waals surface area contributed by atoms with E-state index in [2.05, 4.69) is 50.4 Å². The summed E-state index contributed by atoms with van der Waals surface area (Å²) in [6, 6.07) is 5.60. The Labute approximate surface area is 132 Å². The molecule has 1 aromatic carbocycles. The van der Waals surface area contributed by atoms with Gasteiger partial charge in [-0.15, -0.1) is 0 Å². The molecular formula is C14H16BrClN4. The van der Waals surface area contributed by atoms with Crippen molar-refractivity contribution in [3.05, 3.63) is 39.6 Å². The highest BCUT2D eigenvalue weighted by atomic mass is 79.9. The molecule has 0 radical (unpaired) electrons. The van der Waals surface area contributed by atoms with Gasteiger partial charge in [-0.1, -0.05) is 25.4 Å².